The van der Waals surface area contributed by atoms with E-state index >= 15 is 0 Å². The van der Waals surface area contributed by atoms with Crippen LogP contribution in [0.25, 0.3) is 11.3 Å². The zero-order valence-electron chi connectivity index (χ0n) is 12.7. The second-order valence-corrected chi connectivity index (χ2v) is 6.56. The first-order valence-electron chi connectivity index (χ1n) is 7.37. The molecule has 5 nitrogen and oxygen atoms in total. The van der Waals surface area contributed by atoms with Crippen molar-refractivity contribution in [3.05, 3.63) is 40.7 Å². The van der Waals surface area contributed by atoms with Crippen LogP contribution in [-0.4, -0.2) is 46.1 Å². The number of likely N-dealkylation sites (tertiary alicyclic amines) is 1. The van der Waals surface area contributed by atoms with E-state index < -0.39 is 43.0 Å². The molecule has 1 aromatic carbocycles. The fraction of sp³-hybridized carbons (Fsp3) is 0.312. The van der Waals surface area contributed by atoms with Gasteiger partial charge in [-0.25, -0.2) is 4.98 Å². The molecule has 2 aromatic rings. The second kappa shape index (κ2) is 6.47. The average Bonchev–Trinajstić information content (AvgIpc) is 3.22. The first-order chi connectivity index (χ1) is 11.8. The van der Waals surface area contributed by atoms with Gasteiger partial charge in [0, 0.05) is 24.0 Å². The molecule has 2 heterocycles. The number of hydrogen-bond donors (Lipinski definition) is 1. The van der Waals surface area contributed by atoms with E-state index in [-0.39, 0.29) is 5.01 Å². The third kappa shape index (κ3) is 3.51. The lowest BCUT2D eigenvalue weighted by Crippen LogP contribution is -2.34. The minimum Gasteiger partial charge on any atom is -0.481 e. The first-order valence-corrected chi connectivity index (χ1v) is 8.25. The summed E-state index contributed by atoms with van der Waals surface area (Å²) in [6, 6.07) is 9.05. The van der Waals surface area contributed by atoms with Crippen LogP contribution >= 0.6 is 11.3 Å². The van der Waals surface area contributed by atoms with Crippen molar-refractivity contribution in [1.29, 1.82) is 0 Å². The summed E-state index contributed by atoms with van der Waals surface area (Å²) in [6.45, 7) is -1.14. The summed E-state index contributed by atoms with van der Waals surface area (Å²) < 4.78 is 39.1. The average molecular weight is 370 g/mol. The van der Waals surface area contributed by atoms with E-state index in [1.807, 2.05) is 18.2 Å². The van der Waals surface area contributed by atoms with Crippen LogP contribution in [0.5, 0.6) is 0 Å². The van der Waals surface area contributed by atoms with E-state index in [4.69, 9.17) is 5.11 Å². The molecule has 0 radical (unpaired) electrons. The minimum atomic E-state index is -4.67. The van der Waals surface area contributed by atoms with E-state index in [1.54, 1.807) is 17.5 Å². The number of nitrogens with zero attached hydrogens (tertiary/aromatic N) is 2. The number of thiazole rings is 1. The Kier molecular flexibility index (Phi) is 4.51. The predicted molar refractivity (Wildman–Crippen MR) is 84.1 cm³/mol. The highest BCUT2D eigenvalue weighted by Gasteiger charge is 2.53. The molecule has 1 fully saturated rings. The Morgan fingerprint density at radius 1 is 1.20 bits per heavy atom. The second-order valence-electron chi connectivity index (χ2n) is 5.71. The zero-order chi connectivity index (χ0) is 18.2. The fourth-order valence-corrected chi connectivity index (χ4v) is 3.59. The number of amides is 1. The summed E-state index contributed by atoms with van der Waals surface area (Å²) in [7, 11) is 0. The third-order valence-corrected chi connectivity index (χ3v) is 4.93. The first kappa shape index (κ1) is 17.4. The normalized spacial score (nSPS) is 20.7. The Bertz CT molecular complexity index is 791. The van der Waals surface area contributed by atoms with Gasteiger partial charge in [-0.1, -0.05) is 30.3 Å². The molecule has 1 N–H and O–H groups in total. The highest BCUT2D eigenvalue weighted by Crippen LogP contribution is 2.38. The maximum atomic E-state index is 13.0. The molecule has 3 rings (SSSR count). The molecule has 1 aliphatic heterocycles. The lowest BCUT2D eigenvalue weighted by Gasteiger charge is -2.17. The number of carboxylic acids is 1. The van der Waals surface area contributed by atoms with Crippen LogP contribution in [0.4, 0.5) is 13.2 Å². The van der Waals surface area contributed by atoms with Crippen LogP contribution in [0.15, 0.2) is 35.7 Å². The number of aliphatic carboxylic acids is 1. The molecule has 1 aliphatic rings. The van der Waals surface area contributed by atoms with Crippen LogP contribution in [-0.2, 0) is 4.79 Å². The quantitative estimate of drug-likeness (QED) is 0.901. The minimum absolute atomic E-state index is 0.0471. The van der Waals surface area contributed by atoms with Crippen molar-refractivity contribution >= 4 is 23.2 Å². The van der Waals surface area contributed by atoms with Gasteiger partial charge in [-0.2, -0.15) is 13.2 Å². The third-order valence-electron chi connectivity index (χ3n) is 4.10. The Balaban J connectivity index is 1.80. The van der Waals surface area contributed by atoms with Gasteiger partial charge in [0.25, 0.3) is 5.91 Å². The summed E-state index contributed by atoms with van der Waals surface area (Å²) in [5.74, 6) is -5.95. The van der Waals surface area contributed by atoms with Gasteiger partial charge in [-0.15, -0.1) is 11.3 Å². The van der Waals surface area contributed by atoms with Crippen molar-refractivity contribution in [2.24, 2.45) is 11.8 Å². The molecule has 25 heavy (non-hydrogen) atoms. The van der Waals surface area contributed by atoms with Crippen LogP contribution in [0.1, 0.15) is 9.80 Å². The molecule has 9 heteroatoms. The number of aromatic nitrogens is 1. The Morgan fingerprint density at radius 3 is 2.44 bits per heavy atom. The number of carbonyl (C=O) groups is 2. The molecule has 1 aromatic heterocycles. The predicted octanol–water partition coefficient (Wildman–Crippen LogP) is 3.15. The van der Waals surface area contributed by atoms with E-state index in [9.17, 15) is 22.8 Å². The monoisotopic (exact) mass is 370 g/mol. The summed E-state index contributed by atoms with van der Waals surface area (Å²) in [5.41, 5.74) is 1.34. The number of alkyl halides is 3. The number of carbonyl (C=O) groups excluding carboxylic acids is 1. The molecular weight excluding hydrogens is 357 g/mol. The lowest BCUT2D eigenvalue weighted by atomic mass is 9.96. The zero-order valence-corrected chi connectivity index (χ0v) is 13.5. The van der Waals surface area contributed by atoms with E-state index in [2.05, 4.69) is 4.98 Å². The number of halogens is 3. The number of carboxylic acid groups (broad SMARTS) is 1. The number of rotatable bonds is 3. The van der Waals surface area contributed by atoms with Crippen LogP contribution < -0.4 is 0 Å². The largest absolute Gasteiger partial charge is 0.481 e. The van der Waals surface area contributed by atoms with Crippen LogP contribution in [0.3, 0.4) is 0 Å². The molecule has 0 unspecified atom stereocenters. The standard InChI is InChI=1S/C16H13F3N2O3S/c17-16(18,19)11-7-21(6-10(11)15(23)24)14(22)13-20-12(8-25-13)9-4-2-1-3-5-9/h1-5,8,10-11H,6-7H2,(H,23,24)/t10-,11-/m1/s1. The molecule has 0 spiro atoms. The SMILES string of the molecule is O=C(O)[C@@H]1CN(C(=O)c2nc(-c3ccccc3)cs2)C[C@H]1C(F)(F)F. The van der Waals surface area contributed by atoms with Gasteiger partial charge in [0.15, 0.2) is 5.01 Å². The highest BCUT2D eigenvalue weighted by molar-refractivity contribution is 7.12. The summed E-state index contributed by atoms with van der Waals surface area (Å²) in [6.07, 6.45) is -4.67. The molecule has 0 aliphatic carbocycles. The van der Waals surface area contributed by atoms with Gasteiger partial charge in [0.05, 0.1) is 17.5 Å². The maximum absolute atomic E-state index is 13.0. The maximum Gasteiger partial charge on any atom is 0.394 e. The van der Waals surface area contributed by atoms with Gasteiger partial charge < -0.3 is 10.0 Å². The van der Waals surface area contributed by atoms with Crippen LogP contribution in [0, 0.1) is 11.8 Å². The van der Waals surface area contributed by atoms with Gasteiger partial charge >= 0.3 is 12.1 Å². The Hall–Kier alpha value is -2.42. The van der Waals surface area contributed by atoms with Gasteiger partial charge in [-0.05, 0) is 0 Å². The Labute approximate surface area is 144 Å². The summed E-state index contributed by atoms with van der Waals surface area (Å²) in [4.78, 5) is 28.6. The molecule has 132 valence electrons. The summed E-state index contributed by atoms with van der Waals surface area (Å²) >= 11 is 1.03. The molecule has 0 bridgehead atoms. The van der Waals surface area contributed by atoms with Gasteiger partial charge in [0.2, 0.25) is 0 Å². The highest BCUT2D eigenvalue weighted by atomic mass is 32.1. The van der Waals surface area contributed by atoms with Crippen molar-refractivity contribution in [2.45, 2.75) is 6.18 Å². The molecule has 1 saturated heterocycles. The van der Waals surface area contributed by atoms with Crippen molar-refractivity contribution in [1.82, 2.24) is 9.88 Å². The van der Waals surface area contributed by atoms with Crippen molar-refractivity contribution < 1.29 is 27.9 Å². The van der Waals surface area contributed by atoms with E-state index in [1.165, 1.54) is 0 Å². The Morgan fingerprint density at radius 2 is 1.88 bits per heavy atom. The van der Waals surface area contributed by atoms with Crippen molar-refractivity contribution in [3.8, 4) is 11.3 Å². The lowest BCUT2D eigenvalue weighted by molar-refractivity contribution is -0.187. The smallest absolute Gasteiger partial charge is 0.394 e. The van der Waals surface area contributed by atoms with E-state index in [0.29, 0.717) is 5.69 Å². The number of hydrogen-bond acceptors (Lipinski definition) is 4. The molecular formula is C16H13F3N2O3S. The molecule has 2 atom stereocenters. The number of benzene rings is 1. The van der Waals surface area contributed by atoms with Crippen LogP contribution in [0.2, 0.25) is 0 Å². The van der Waals surface area contributed by atoms with Gasteiger partial charge in [-0.3, -0.25) is 9.59 Å². The van der Waals surface area contributed by atoms with E-state index in [0.717, 1.165) is 21.8 Å². The summed E-state index contributed by atoms with van der Waals surface area (Å²) in [5, 5.41) is 10.7. The van der Waals surface area contributed by atoms with Crippen molar-refractivity contribution in [3.63, 3.8) is 0 Å². The fourth-order valence-electron chi connectivity index (χ4n) is 2.80. The topological polar surface area (TPSA) is 70.5 Å². The van der Waals surface area contributed by atoms with Crippen molar-refractivity contribution in [2.75, 3.05) is 13.1 Å². The molecule has 0 saturated carbocycles. The van der Waals surface area contributed by atoms with Gasteiger partial charge in [0.1, 0.15) is 0 Å². The molecule has 1 amide bonds.